The Bertz CT molecular complexity index is 852. The van der Waals surface area contributed by atoms with Crippen LogP contribution in [0, 0.1) is 6.92 Å². The number of aryl methyl sites for hydroxylation is 2. The van der Waals surface area contributed by atoms with Crippen molar-refractivity contribution < 1.29 is 0 Å². The molecule has 3 heterocycles. The van der Waals surface area contributed by atoms with Gasteiger partial charge in [-0.1, -0.05) is 30.7 Å². The Hall–Kier alpha value is -1.71. The van der Waals surface area contributed by atoms with Crippen molar-refractivity contribution in [2.75, 3.05) is 13.1 Å². The van der Waals surface area contributed by atoms with Crippen molar-refractivity contribution in [3.8, 4) is 0 Å². The molecule has 0 fully saturated rings. The minimum absolute atomic E-state index is 1.10. The molecule has 4 rings (SSSR count). The van der Waals surface area contributed by atoms with E-state index in [-0.39, 0.29) is 0 Å². The van der Waals surface area contributed by atoms with Gasteiger partial charge in [0.25, 0.3) is 0 Å². The molecule has 0 bridgehead atoms. The minimum atomic E-state index is 1.10. The summed E-state index contributed by atoms with van der Waals surface area (Å²) >= 11 is 1.92. The van der Waals surface area contributed by atoms with Crippen LogP contribution < -0.4 is 0 Å². The first-order valence-corrected chi connectivity index (χ1v) is 10.3. The molecule has 0 atom stereocenters. The van der Waals surface area contributed by atoms with Gasteiger partial charge in [-0.2, -0.15) is 0 Å². The third kappa shape index (κ3) is 3.94. The lowest BCUT2D eigenvalue weighted by atomic mass is 10.1. The van der Waals surface area contributed by atoms with Crippen molar-refractivity contribution in [2.45, 2.75) is 45.6 Å². The lowest BCUT2D eigenvalue weighted by Gasteiger charge is -2.26. The average molecular weight is 351 g/mol. The molecule has 0 saturated heterocycles. The van der Waals surface area contributed by atoms with Crippen molar-refractivity contribution in [3.05, 3.63) is 63.5 Å². The molecule has 2 nitrogen and oxygen atoms in total. The Kier molecular flexibility index (Phi) is 5.14. The maximum absolute atomic E-state index is 4.87. The van der Waals surface area contributed by atoms with Crippen LogP contribution in [0.2, 0.25) is 0 Å². The Morgan fingerprint density at radius 2 is 2.04 bits per heavy atom. The first-order valence-electron chi connectivity index (χ1n) is 9.42. The molecular formula is C22H26N2S. The summed E-state index contributed by atoms with van der Waals surface area (Å²) in [5.74, 6) is 0. The summed E-state index contributed by atoms with van der Waals surface area (Å²) in [6.45, 7) is 5.78. The summed E-state index contributed by atoms with van der Waals surface area (Å²) in [4.78, 5) is 9.08. The molecule has 25 heavy (non-hydrogen) atoms. The number of fused-ring (bicyclic) bond motifs is 2. The molecule has 1 aromatic carbocycles. The van der Waals surface area contributed by atoms with Gasteiger partial charge in [-0.3, -0.25) is 9.88 Å². The maximum atomic E-state index is 4.87. The summed E-state index contributed by atoms with van der Waals surface area (Å²) < 4.78 is 0. The largest absolute Gasteiger partial charge is 0.298 e. The van der Waals surface area contributed by atoms with Crippen LogP contribution in [-0.2, 0) is 19.4 Å². The highest BCUT2D eigenvalue weighted by Crippen LogP contribution is 2.24. The number of unbranched alkanes of at least 4 members (excludes halogenated alkanes) is 2. The van der Waals surface area contributed by atoms with Crippen molar-refractivity contribution in [1.29, 1.82) is 0 Å². The number of rotatable bonds is 6. The summed E-state index contributed by atoms with van der Waals surface area (Å²) in [7, 11) is 0. The van der Waals surface area contributed by atoms with Crippen LogP contribution in [0.5, 0.6) is 0 Å². The number of hydrogen-bond donors (Lipinski definition) is 0. The van der Waals surface area contributed by atoms with Gasteiger partial charge in [-0.05, 0) is 67.8 Å². The Morgan fingerprint density at radius 3 is 3.00 bits per heavy atom. The van der Waals surface area contributed by atoms with Gasteiger partial charge < -0.3 is 0 Å². The van der Waals surface area contributed by atoms with E-state index in [1.54, 1.807) is 10.4 Å². The van der Waals surface area contributed by atoms with Gasteiger partial charge in [0.15, 0.2) is 0 Å². The summed E-state index contributed by atoms with van der Waals surface area (Å²) in [5.41, 5.74) is 5.26. The third-order valence-corrected chi connectivity index (χ3v) is 6.24. The van der Waals surface area contributed by atoms with Gasteiger partial charge in [-0.15, -0.1) is 11.3 Å². The maximum Gasteiger partial charge on any atom is 0.0734 e. The van der Waals surface area contributed by atoms with Gasteiger partial charge in [0.05, 0.1) is 5.52 Å². The van der Waals surface area contributed by atoms with Crippen LogP contribution in [-0.4, -0.2) is 23.0 Å². The fourth-order valence-electron chi connectivity index (χ4n) is 3.77. The summed E-state index contributed by atoms with van der Waals surface area (Å²) in [6, 6.07) is 13.1. The molecule has 1 aliphatic rings. The average Bonchev–Trinajstić information content (AvgIpc) is 3.10. The Balaban J connectivity index is 1.23. The lowest BCUT2D eigenvalue weighted by molar-refractivity contribution is 0.251. The predicted octanol–water partition coefficient (Wildman–Crippen LogP) is 5.38. The molecule has 0 spiro atoms. The molecule has 0 N–H and O–H groups in total. The monoisotopic (exact) mass is 350 g/mol. The zero-order valence-corrected chi connectivity index (χ0v) is 15.8. The van der Waals surface area contributed by atoms with E-state index < -0.39 is 0 Å². The quantitative estimate of drug-likeness (QED) is 0.555. The van der Waals surface area contributed by atoms with Crippen LogP contribution in [0.4, 0.5) is 0 Å². The van der Waals surface area contributed by atoms with E-state index in [1.165, 1.54) is 67.5 Å². The molecule has 0 radical (unpaired) electrons. The standard InChI is InChI=1S/C22H26N2S/c1-17-6-5-7-19-9-10-20(23-22(17)19)8-3-2-4-13-24-14-11-18-12-15-25-21(18)16-24/h5-7,9-10,12,15H,2-4,8,11,13-14,16H2,1H3. The molecule has 0 aliphatic carbocycles. The molecule has 1 aliphatic heterocycles. The van der Waals surface area contributed by atoms with E-state index in [2.05, 4.69) is 53.6 Å². The van der Waals surface area contributed by atoms with Gasteiger partial charge in [0.1, 0.15) is 0 Å². The number of benzene rings is 1. The highest BCUT2D eigenvalue weighted by molar-refractivity contribution is 7.10. The van der Waals surface area contributed by atoms with E-state index in [1.807, 2.05) is 11.3 Å². The third-order valence-electron chi connectivity index (χ3n) is 5.29. The highest BCUT2D eigenvalue weighted by Gasteiger charge is 2.16. The molecule has 130 valence electrons. The molecule has 0 amide bonds. The van der Waals surface area contributed by atoms with Crippen molar-refractivity contribution in [3.63, 3.8) is 0 Å². The molecule has 3 heteroatoms. The van der Waals surface area contributed by atoms with Crippen LogP contribution in [0.3, 0.4) is 0 Å². The molecule has 0 saturated carbocycles. The first kappa shape index (κ1) is 16.7. The van der Waals surface area contributed by atoms with Crippen molar-refractivity contribution >= 4 is 22.2 Å². The van der Waals surface area contributed by atoms with Crippen molar-refractivity contribution in [2.24, 2.45) is 0 Å². The predicted molar refractivity (Wildman–Crippen MR) is 107 cm³/mol. The van der Waals surface area contributed by atoms with Crippen LogP contribution in [0.1, 0.15) is 41.0 Å². The van der Waals surface area contributed by atoms with Crippen molar-refractivity contribution in [1.82, 2.24) is 9.88 Å². The van der Waals surface area contributed by atoms with Crippen LogP contribution >= 0.6 is 11.3 Å². The Morgan fingerprint density at radius 1 is 1.08 bits per heavy atom. The summed E-state index contributed by atoms with van der Waals surface area (Å²) in [6.07, 6.45) is 6.16. The van der Waals surface area contributed by atoms with E-state index in [0.717, 1.165) is 6.42 Å². The number of thiophene rings is 1. The Labute approximate surface area is 154 Å². The number of pyridine rings is 1. The smallest absolute Gasteiger partial charge is 0.0734 e. The van der Waals surface area contributed by atoms with E-state index >= 15 is 0 Å². The fraction of sp³-hybridized carbons (Fsp3) is 0.409. The topological polar surface area (TPSA) is 16.1 Å². The first-order chi connectivity index (χ1) is 12.3. The van der Waals surface area contributed by atoms with E-state index in [4.69, 9.17) is 4.98 Å². The summed E-state index contributed by atoms with van der Waals surface area (Å²) in [5, 5.41) is 3.49. The van der Waals surface area contributed by atoms with Gasteiger partial charge in [0, 0.05) is 29.0 Å². The molecule has 2 aromatic heterocycles. The van der Waals surface area contributed by atoms with Gasteiger partial charge >= 0.3 is 0 Å². The second-order valence-corrected chi connectivity index (χ2v) is 8.16. The van der Waals surface area contributed by atoms with Gasteiger partial charge in [-0.25, -0.2) is 0 Å². The number of hydrogen-bond acceptors (Lipinski definition) is 3. The van der Waals surface area contributed by atoms with Gasteiger partial charge in [0.2, 0.25) is 0 Å². The van der Waals surface area contributed by atoms with Crippen LogP contribution in [0.15, 0.2) is 41.8 Å². The zero-order valence-electron chi connectivity index (χ0n) is 15.0. The number of nitrogens with zero attached hydrogens (tertiary/aromatic N) is 2. The van der Waals surface area contributed by atoms with Crippen LogP contribution in [0.25, 0.3) is 10.9 Å². The molecule has 0 unspecified atom stereocenters. The SMILES string of the molecule is Cc1cccc2ccc(CCCCCN3CCc4ccsc4C3)nc12. The minimum Gasteiger partial charge on any atom is -0.298 e. The highest BCUT2D eigenvalue weighted by atomic mass is 32.1. The van der Waals surface area contributed by atoms with E-state index in [0.29, 0.717) is 0 Å². The molecule has 3 aromatic rings. The molecular weight excluding hydrogens is 324 g/mol. The number of aromatic nitrogens is 1. The zero-order chi connectivity index (χ0) is 17.1. The second kappa shape index (κ2) is 7.67. The van der Waals surface area contributed by atoms with E-state index in [9.17, 15) is 0 Å². The lowest BCUT2D eigenvalue weighted by Crippen LogP contribution is -2.30. The normalized spacial score (nSPS) is 14.8. The number of para-hydroxylation sites is 1. The fourth-order valence-corrected chi connectivity index (χ4v) is 4.75. The second-order valence-electron chi connectivity index (χ2n) is 7.16.